The first-order valence-corrected chi connectivity index (χ1v) is 13.8. The lowest BCUT2D eigenvalue weighted by Gasteiger charge is -2.43. The largest absolute Gasteiger partial charge is 0.380 e. The van der Waals surface area contributed by atoms with Crippen LogP contribution in [0.25, 0.3) is 0 Å². The summed E-state index contributed by atoms with van der Waals surface area (Å²) in [5.41, 5.74) is 0.971. The Morgan fingerprint density at radius 1 is 0.974 bits per heavy atom. The summed E-state index contributed by atoms with van der Waals surface area (Å²) in [5, 5.41) is 26.6. The number of aliphatic hydroxyl groups is 1. The monoisotopic (exact) mass is 536 g/mol. The fourth-order valence-corrected chi connectivity index (χ4v) is 5.82. The Labute approximate surface area is 223 Å². The Hall–Kier alpha value is -3.73. The minimum absolute atomic E-state index is 0.101. The lowest BCUT2D eigenvalue weighted by Crippen LogP contribution is -2.44. The summed E-state index contributed by atoms with van der Waals surface area (Å²) in [4.78, 5) is 12.9. The van der Waals surface area contributed by atoms with Gasteiger partial charge in [-0.1, -0.05) is 60.7 Å². The van der Waals surface area contributed by atoms with Crippen molar-refractivity contribution in [3.8, 4) is 0 Å². The number of hydrogen-bond donors (Lipinski definition) is 2. The van der Waals surface area contributed by atoms with Gasteiger partial charge in [0.05, 0.1) is 9.82 Å². The molecule has 0 saturated carbocycles. The maximum atomic E-state index is 12.4. The number of likely N-dealkylation sites (tertiary alicyclic amines) is 1. The molecule has 1 aliphatic heterocycles. The third kappa shape index (κ3) is 5.72. The molecule has 200 valence electrons. The zero-order valence-electron chi connectivity index (χ0n) is 21.4. The van der Waals surface area contributed by atoms with Crippen molar-refractivity contribution in [1.82, 2.24) is 9.21 Å². The Morgan fingerprint density at radius 2 is 1.47 bits per heavy atom. The average Bonchev–Trinajstić information content (AvgIpc) is 2.93. The van der Waals surface area contributed by atoms with E-state index in [-0.39, 0.29) is 10.8 Å². The summed E-state index contributed by atoms with van der Waals surface area (Å²) in [5.74, 6) is 0.204. The van der Waals surface area contributed by atoms with Gasteiger partial charge < -0.3 is 15.3 Å². The summed E-state index contributed by atoms with van der Waals surface area (Å²) in [6.45, 7) is 0.985. The van der Waals surface area contributed by atoms with E-state index in [9.17, 15) is 23.6 Å². The molecule has 2 N–H and O–H groups in total. The van der Waals surface area contributed by atoms with Crippen LogP contribution >= 0.6 is 0 Å². The van der Waals surface area contributed by atoms with E-state index in [1.54, 1.807) is 12.1 Å². The molecule has 0 radical (unpaired) electrons. The highest BCUT2D eigenvalue weighted by molar-refractivity contribution is 7.89. The zero-order valence-corrected chi connectivity index (χ0v) is 22.2. The molecule has 0 aliphatic carbocycles. The number of rotatable bonds is 9. The van der Waals surface area contributed by atoms with Crippen LogP contribution in [0.1, 0.15) is 24.0 Å². The van der Waals surface area contributed by atoms with Crippen molar-refractivity contribution >= 4 is 15.7 Å². The molecule has 1 aliphatic rings. The van der Waals surface area contributed by atoms with Gasteiger partial charge >= 0.3 is 0 Å². The molecule has 10 heteroatoms. The highest BCUT2D eigenvalue weighted by atomic mass is 32.2. The summed E-state index contributed by atoms with van der Waals surface area (Å²) < 4.78 is 25.8. The lowest BCUT2D eigenvalue weighted by atomic mass is 9.72. The highest BCUT2D eigenvalue weighted by Crippen LogP contribution is 2.42. The molecule has 0 spiro atoms. The van der Waals surface area contributed by atoms with E-state index in [2.05, 4.69) is 5.32 Å². The quantitative estimate of drug-likeness (QED) is 0.313. The van der Waals surface area contributed by atoms with E-state index in [0.717, 1.165) is 21.6 Å². The van der Waals surface area contributed by atoms with Gasteiger partial charge in [0, 0.05) is 32.9 Å². The lowest BCUT2D eigenvalue weighted by molar-refractivity contribution is -0.404. The molecule has 38 heavy (non-hydrogen) atoms. The van der Waals surface area contributed by atoms with Gasteiger partial charge in [0.2, 0.25) is 10.0 Å². The first-order chi connectivity index (χ1) is 18.1. The number of piperidine rings is 1. The molecular formula is C28H32N4O5S. The predicted octanol–water partition coefficient (Wildman–Crippen LogP) is 4.07. The van der Waals surface area contributed by atoms with Gasteiger partial charge in [0.15, 0.2) is 5.82 Å². The van der Waals surface area contributed by atoms with Crippen molar-refractivity contribution in [2.45, 2.75) is 23.3 Å². The topological polar surface area (TPSA) is 116 Å². The molecule has 3 aromatic carbocycles. The summed E-state index contributed by atoms with van der Waals surface area (Å²) in [6.07, 6.45) is 2.14. The Morgan fingerprint density at radius 3 is 1.92 bits per heavy atom. The first-order valence-electron chi connectivity index (χ1n) is 12.4. The van der Waals surface area contributed by atoms with Crippen molar-refractivity contribution in [2.75, 3.05) is 32.5 Å². The molecule has 1 heterocycles. The molecule has 4 rings (SSSR count). The number of nitro groups is 1. The van der Waals surface area contributed by atoms with E-state index in [1.165, 1.54) is 26.2 Å². The Kier molecular flexibility index (Phi) is 8.15. The summed E-state index contributed by atoms with van der Waals surface area (Å²) >= 11 is 0. The molecule has 0 amide bonds. The Balaban J connectivity index is 1.54. The molecule has 1 saturated heterocycles. The van der Waals surface area contributed by atoms with Gasteiger partial charge in [0.1, 0.15) is 5.60 Å². The van der Waals surface area contributed by atoms with Gasteiger partial charge in [-0.3, -0.25) is 10.1 Å². The van der Waals surface area contributed by atoms with Crippen LogP contribution in [0.2, 0.25) is 0 Å². The SMILES string of the molecule is CN(C)S(=O)(=O)c1ccc(N/C(=C/[N+](=O)[O-])N2CCC(C(O)(c3ccccc3)c3ccccc3)CC2)cc1. The third-order valence-electron chi connectivity index (χ3n) is 6.99. The van der Waals surface area contributed by atoms with Crippen LogP contribution in [0.4, 0.5) is 5.69 Å². The van der Waals surface area contributed by atoms with Crippen molar-refractivity contribution in [3.63, 3.8) is 0 Å². The number of hydrogen-bond acceptors (Lipinski definition) is 7. The van der Waals surface area contributed by atoms with E-state index in [4.69, 9.17) is 0 Å². The van der Waals surface area contributed by atoms with Crippen LogP contribution in [0.5, 0.6) is 0 Å². The average molecular weight is 537 g/mol. The second-order valence-electron chi connectivity index (χ2n) is 9.50. The van der Waals surface area contributed by atoms with Crippen LogP contribution in [-0.4, -0.2) is 54.8 Å². The number of nitrogens with zero attached hydrogens (tertiary/aromatic N) is 3. The van der Waals surface area contributed by atoms with Crippen LogP contribution in [-0.2, 0) is 15.6 Å². The van der Waals surface area contributed by atoms with Crippen molar-refractivity contribution < 1.29 is 18.4 Å². The van der Waals surface area contributed by atoms with E-state index in [1.807, 2.05) is 65.6 Å². The van der Waals surface area contributed by atoms with E-state index >= 15 is 0 Å². The molecule has 1 fully saturated rings. The molecule has 9 nitrogen and oxygen atoms in total. The maximum absolute atomic E-state index is 12.4. The highest BCUT2D eigenvalue weighted by Gasteiger charge is 2.42. The van der Waals surface area contributed by atoms with E-state index in [0.29, 0.717) is 37.4 Å². The summed E-state index contributed by atoms with van der Waals surface area (Å²) in [6, 6.07) is 25.3. The fourth-order valence-electron chi connectivity index (χ4n) is 4.92. The Bertz CT molecular complexity index is 1330. The summed E-state index contributed by atoms with van der Waals surface area (Å²) in [7, 11) is -0.663. The molecule has 0 unspecified atom stereocenters. The fraction of sp³-hybridized carbons (Fsp3) is 0.286. The minimum atomic E-state index is -3.58. The number of nitrogens with one attached hydrogen (secondary N) is 1. The van der Waals surface area contributed by atoms with Crippen LogP contribution in [0.15, 0.2) is 102 Å². The van der Waals surface area contributed by atoms with Crippen LogP contribution in [0.3, 0.4) is 0 Å². The van der Waals surface area contributed by atoms with Crippen LogP contribution < -0.4 is 5.32 Å². The van der Waals surface area contributed by atoms with Gasteiger partial charge in [0.25, 0.3) is 6.20 Å². The predicted molar refractivity (Wildman–Crippen MR) is 146 cm³/mol. The zero-order chi connectivity index (χ0) is 27.3. The van der Waals surface area contributed by atoms with Crippen molar-refractivity contribution in [2.24, 2.45) is 5.92 Å². The van der Waals surface area contributed by atoms with Gasteiger partial charge in [-0.2, -0.15) is 0 Å². The molecule has 0 atom stereocenters. The van der Waals surface area contributed by atoms with Crippen molar-refractivity contribution in [1.29, 1.82) is 0 Å². The number of sulfonamides is 1. The normalized spacial score (nSPS) is 15.5. The standard InChI is InChI=1S/C28H32N4O5S/c1-30(2)38(36,37)26-15-13-25(14-16-26)29-27(21-32(34)35)31-19-17-24(18-20-31)28(33,22-9-5-3-6-10-22)23-11-7-4-8-12-23/h3-16,21,24,29,33H,17-20H2,1-2H3/b27-21-. The first kappa shape index (κ1) is 27.3. The molecule has 0 aromatic heterocycles. The third-order valence-corrected chi connectivity index (χ3v) is 8.82. The second-order valence-corrected chi connectivity index (χ2v) is 11.6. The smallest absolute Gasteiger partial charge is 0.274 e. The van der Waals surface area contributed by atoms with E-state index < -0.39 is 20.5 Å². The molecular weight excluding hydrogens is 504 g/mol. The van der Waals surface area contributed by atoms with Crippen molar-refractivity contribution in [3.05, 3.63) is 118 Å². The minimum Gasteiger partial charge on any atom is -0.380 e. The van der Waals surface area contributed by atoms with Gasteiger partial charge in [-0.15, -0.1) is 0 Å². The number of benzene rings is 3. The number of anilines is 1. The molecule has 0 bridgehead atoms. The van der Waals surface area contributed by atoms with Gasteiger partial charge in [-0.25, -0.2) is 12.7 Å². The molecule has 3 aromatic rings. The second kappa shape index (κ2) is 11.3. The maximum Gasteiger partial charge on any atom is 0.274 e. The van der Waals surface area contributed by atoms with Gasteiger partial charge in [-0.05, 0) is 54.2 Å². The van der Waals surface area contributed by atoms with Crippen LogP contribution in [0, 0.1) is 16.0 Å².